The lowest BCUT2D eigenvalue weighted by atomic mass is 10.1. The van der Waals surface area contributed by atoms with Crippen LogP contribution in [0.5, 0.6) is 11.5 Å². The van der Waals surface area contributed by atoms with Crippen molar-refractivity contribution < 1.29 is 19.1 Å². The Hall–Kier alpha value is -2.88. The van der Waals surface area contributed by atoms with Gasteiger partial charge in [0, 0.05) is 5.57 Å². The molecule has 2 aromatic carbocycles. The number of rotatable bonds is 5. The van der Waals surface area contributed by atoms with Crippen LogP contribution < -0.4 is 9.47 Å². The summed E-state index contributed by atoms with van der Waals surface area (Å²) >= 11 is 0. The third kappa shape index (κ3) is 4.54. The van der Waals surface area contributed by atoms with Crippen LogP contribution in [-0.2, 0) is 9.59 Å². The average Bonchev–Trinajstić information content (AvgIpc) is 2.46. The number of carbonyl (C=O) groups excluding carboxylic acids is 2. The van der Waals surface area contributed by atoms with E-state index in [0.29, 0.717) is 17.1 Å². The molecule has 23 heavy (non-hydrogen) atoms. The average molecular weight is 310 g/mol. The first kappa shape index (κ1) is 16.5. The molecule has 0 aliphatic carbocycles. The van der Waals surface area contributed by atoms with E-state index in [2.05, 4.69) is 13.2 Å². The van der Waals surface area contributed by atoms with E-state index in [9.17, 15) is 9.59 Å². The SMILES string of the molecule is C=C(C)CC(=O)Oc1ccc2cc(OC(=O)C(=C)C)ccc2c1. The Morgan fingerprint density at radius 1 is 0.913 bits per heavy atom. The normalized spacial score (nSPS) is 10.2. The third-order valence-electron chi connectivity index (χ3n) is 3.02. The van der Waals surface area contributed by atoms with E-state index < -0.39 is 5.97 Å². The molecule has 0 amide bonds. The smallest absolute Gasteiger partial charge is 0.338 e. The summed E-state index contributed by atoms with van der Waals surface area (Å²) < 4.78 is 10.5. The minimum atomic E-state index is -0.463. The number of ether oxygens (including phenoxy) is 2. The summed E-state index contributed by atoms with van der Waals surface area (Å²) in [6, 6.07) is 10.5. The van der Waals surface area contributed by atoms with Crippen LogP contribution in [-0.4, -0.2) is 11.9 Å². The van der Waals surface area contributed by atoms with Gasteiger partial charge in [0.1, 0.15) is 11.5 Å². The molecule has 0 fully saturated rings. The molecule has 2 aromatic rings. The maximum atomic E-state index is 11.6. The van der Waals surface area contributed by atoms with Crippen molar-refractivity contribution in [2.45, 2.75) is 20.3 Å². The van der Waals surface area contributed by atoms with E-state index in [0.717, 1.165) is 16.3 Å². The number of benzene rings is 2. The van der Waals surface area contributed by atoms with Gasteiger partial charge in [-0.3, -0.25) is 4.79 Å². The second-order valence-electron chi connectivity index (χ2n) is 5.45. The summed E-state index contributed by atoms with van der Waals surface area (Å²) in [5, 5.41) is 1.75. The number of hydrogen-bond donors (Lipinski definition) is 0. The molecule has 0 unspecified atom stereocenters. The Labute approximate surface area is 135 Å². The fourth-order valence-electron chi connectivity index (χ4n) is 1.94. The third-order valence-corrected chi connectivity index (χ3v) is 3.02. The Morgan fingerprint density at radius 2 is 1.43 bits per heavy atom. The molecular weight excluding hydrogens is 292 g/mol. The van der Waals surface area contributed by atoms with E-state index in [1.165, 1.54) is 0 Å². The van der Waals surface area contributed by atoms with Gasteiger partial charge in [-0.25, -0.2) is 4.79 Å². The Morgan fingerprint density at radius 3 is 1.91 bits per heavy atom. The molecule has 0 radical (unpaired) electrons. The van der Waals surface area contributed by atoms with Crippen LogP contribution in [0.3, 0.4) is 0 Å². The summed E-state index contributed by atoms with van der Waals surface area (Å²) in [6.07, 6.45) is 0.188. The highest BCUT2D eigenvalue weighted by Crippen LogP contribution is 2.25. The zero-order valence-corrected chi connectivity index (χ0v) is 13.2. The van der Waals surface area contributed by atoms with Crippen LogP contribution in [0.1, 0.15) is 20.3 Å². The first-order chi connectivity index (χ1) is 10.8. The lowest BCUT2D eigenvalue weighted by Crippen LogP contribution is -2.08. The molecule has 0 spiro atoms. The monoisotopic (exact) mass is 310 g/mol. The first-order valence-corrected chi connectivity index (χ1v) is 7.12. The molecule has 4 heteroatoms. The van der Waals surface area contributed by atoms with Crippen LogP contribution in [0.2, 0.25) is 0 Å². The van der Waals surface area contributed by atoms with Gasteiger partial charge < -0.3 is 9.47 Å². The maximum absolute atomic E-state index is 11.6. The van der Waals surface area contributed by atoms with Gasteiger partial charge in [0.25, 0.3) is 0 Å². The predicted octanol–water partition coefficient (Wildman–Crippen LogP) is 4.19. The van der Waals surface area contributed by atoms with Crippen LogP contribution in [0.4, 0.5) is 0 Å². The molecule has 0 aliphatic rings. The Bertz CT molecular complexity index is 802. The second kappa shape index (κ2) is 6.92. The number of esters is 2. The van der Waals surface area contributed by atoms with Crippen molar-refractivity contribution >= 4 is 22.7 Å². The lowest BCUT2D eigenvalue weighted by molar-refractivity contribution is -0.133. The van der Waals surface area contributed by atoms with Crippen LogP contribution in [0.15, 0.2) is 60.7 Å². The largest absolute Gasteiger partial charge is 0.426 e. The zero-order valence-electron chi connectivity index (χ0n) is 13.2. The van der Waals surface area contributed by atoms with Crippen molar-refractivity contribution in [2.75, 3.05) is 0 Å². The highest BCUT2D eigenvalue weighted by atomic mass is 16.5. The van der Waals surface area contributed by atoms with Crippen LogP contribution in [0, 0.1) is 0 Å². The topological polar surface area (TPSA) is 52.6 Å². The molecule has 0 saturated heterocycles. The number of fused-ring (bicyclic) bond motifs is 1. The van der Waals surface area contributed by atoms with Gasteiger partial charge in [-0.05, 0) is 48.9 Å². The number of hydrogen-bond acceptors (Lipinski definition) is 4. The Balaban J connectivity index is 2.18. The summed E-state index contributed by atoms with van der Waals surface area (Å²) in [6.45, 7) is 10.6. The van der Waals surface area contributed by atoms with Gasteiger partial charge >= 0.3 is 11.9 Å². The second-order valence-corrected chi connectivity index (χ2v) is 5.45. The van der Waals surface area contributed by atoms with Crippen molar-refractivity contribution in [3.05, 3.63) is 60.7 Å². The van der Waals surface area contributed by atoms with Gasteiger partial charge in [0.15, 0.2) is 0 Å². The molecule has 0 aliphatic heterocycles. The van der Waals surface area contributed by atoms with Crippen LogP contribution >= 0.6 is 0 Å². The fraction of sp³-hybridized carbons (Fsp3) is 0.158. The minimum Gasteiger partial charge on any atom is -0.426 e. The molecular formula is C19H18O4. The van der Waals surface area contributed by atoms with E-state index in [-0.39, 0.29) is 12.4 Å². The van der Waals surface area contributed by atoms with Crippen LogP contribution in [0.25, 0.3) is 10.8 Å². The number of carbonyl (C=O) groups is 2. The molecule has 0 saturated carbocycles. The zero-order chi connectivity index (χ0) is 17.0. The molecule has 2 rings (SSSR count). The lowest BCUT2D eigenvalue weighted by Gasteiger charge is -2.08. The first-order valence-electron chi connectivity index (χ1n) is 7.12. The van der Waals surface area contributed by atoms with Gasteiger partial charge in [0.05, 0.1) is 6.42 Å². The minimum absolute atomic E-state index is 0.188. The van der Waals surface area contributed by atoms with Crippen molar-refractivity contribution in [3.8, 4) is 11.5 Å². The molecule has 0 bridgehead atoms. The van der Waals surface area contributed by atoms with E-state index >= 15 is 0 Å². The maximum Gasteiger partial charge on any atom is 0.338 e. The summed E-state index contributed by atoms with van der Waals surface area (Å²) in [5.74, 6) is 0.103. The van der Waals surface area contributed by atoms with Crippen molar-refractivity contribution in [1.29, 1.82) is 0 Å². The van der Waals surface area contributed by atoms with E-state index in [1.807, 2.05) is 0 Å². The van der Waals surface area contributed by atoms with Crippen molar-refractivity contribution in [1.82, 2.24) is 0 Å². The predicted molar refractivity (Wildman–Crippen MR) is 89.5 cm³/mol. The Kier molecular flexibility index (Phi) is 4.96. The van der Waals surface area contributed by atoms with Gasteiger partial charge in [-0.2, -0.15) is 0 Å². The summed E-state index contributed by atoms with van der Waals surface area (Å²) in [4.78, 5) is 23.2. The van der Waals surface area contributed by atoms with Gasteiger partial charge in [-0.1, -0.05) is 30.9 Å². The van der Waals surface area contributed by atoms with Gasteiger partial charge in [0.2, 0.25) is 0 Å². The summed E-state index contributed by atoms with van der Waals surface area (Å²) in [7, 11) is 0. The molecule has 4 nitrogen and oxygen atoms in total. The van der Waals surface area contributed by atoms with E-state index in [1.54, 1.807) is 50.2 Å². The van der Waals surface area contributed by atoms with E-state index in [4.69, 9.17) is 9.47 Å². The summed E-state index contributed by atoms with van der Waals surface area (Å²) in [5.41, 5.74) is 1.09. The van der Waals surface area contributed by atoms with Crippen molar-refractivity contribution in [2.24, 2.45) is 0 Å². The highest BCUT2D eigenvalue weighted by molar-refractivity contribution is 5.90. The molecule has 0 atom stereocenters. The molecule has 118 valence electrons. The fourth-order valence-corrected chi connectivity index (χ4v) is 1.94. The highest BCUT2D eigenvalue weighted by Gasteiger charge is 2.08. The quantitative estimate of drug-likeness (QED) is 0.359. The molecule has 0 N–H and O–H groups in total. The standard InChI is InChI=1S/C19H18O4/c1-12(2)9-18(20)22-16-7-5-15-11-17(8-6-14(15)10-16)23-19(21)13(3)4/h5-8,10-11H,1,3,9H2,2,4H3. The molecule has 0 aromatic heterocycles. The van der Waals surface area contributed by atoms with Crippen molar-refractivity contribution in [3.63, 3.8) is 0 Å². The molecule has 0 heterocycles. The van der Waals surface area contributed by atoms with Gasteiger partial charge in [-0.15, -0.1) is 0 Å².